The van der Waals surface area contributed by atoms with E-state index in [-0.39, 0.29) is 0 Å². The summed E-state index contributed by atoms with van der Waals surface area (Å²) in [6, 6.07) is 14.8. The van der Waals surface area contributed by atoms with E-state index in [2.05, 4.69) is 5.32 Å². The minimum atomic E-state index is -3.23. The van der Waals surface area contributed by atoms with Crippen molar-refractivity contribution in [3.8, 4) is 0 Å². The number of alkyl halides is 1. The Morgan fingerprint density at radius 2 is 1.60 bits per heavy atom. The van der Waals surface area contributed by atoms with Gasteiger partial charge in [-0.25, -0.2) is 8.42 Å². The summed E-state index contributed by atoms with van der Waals surface area (Å²) in [5.74, 6) is 0.491. The molecule has 0 atom stereocenters. The van der Waals surface area contributed by atoms with Gasteiger partial charge in [-0.1, -0.05) is 36.4 Å². The van der Waals surface area contributed by atoms with E-state index in [1.54, 1.807) is 18.2 Å². The molecule has 5 heteroatoms. The zero-order valence-electron chi connectivity index (χ0n) is 11.1. The normalized spacial score (nSPS) is 11.3. The maximum Gasteiger partial charge on any atom is 0.177 e. The first-order valence-electron chi connectivity index (χ1n) is 6.17. The molecule has 1 N–H and O–H groups in total. The van der Waals surface area contributed by atoms with Gasteiger partial charge in [0, 0.05) is 18.7 Å². The molecule has 0 heterocycles. The van der Waals surface area contributed by atoms with E-state index >= 15 is 0 Å². The molecule has 0 radical (unpaired) electrons. The van der Waals surface area contributed by atoms with Crippen molar-refractivity contribution in [3.05, 3.63) is 59.7 Å². The lowest BCUT2D eigenvalue weighted by molar-refractivity contribution is 0.602. The Balaban J connectivity index is 2.15. The smallest absolute Gasteiger partial charge is 0.177 e. The minimum absolute atomic E-state index is 0.317. The lowest BCUT2D eigenvalue weighted by Crippen LogP contribution is -2.06. The molecule has 0 spiro atoms. The van der Waals surface area contributed by atoms with Crippen molar-refractivity contribution in [2.45, 2.75) is 17.3 Å². The van der Waals surface area contributed by atoms with Crippen LogP contribution in [0.3, 0.4) is 0 Å². The van der Waals surface area contributed by atoms with Crippen molar-refractivity contribution in [2.24, 2.45) is 0 Å². The standard InChI is InChI=1S/C15H16ClNO2S/c1-20(18,19)15-5-3-2-4-14(15)17-11-13-8-6-12(10-16)7-9-13/h2-9,17H,10-11H2,1H3. The summed E-state index contributed by atoms with van der Waals surface area (Å²) in [5, 5.41) is 3.16. The zero-order valence-corrected chi connectivity index (χ0v) is 12.7. The van der Waals surface area contributed by atoms with E-state index in [9.17, 15) is 8.42 Å². The molecule has 2 aromatic carbocycles. The first-order chi connectivity index (χ1) is 9.50. The summed E-state index contributed by atoms with van der Waals surface area (Å²) in [5.41, 5.74) is 2.76. The number of halogens is 1. The van der Waals surface area contributed by atoms with E-state index in [1.165, 1.54) is 6.26 Å². The largest absolute Gasteiger partial charge is 0.380 e. The lowest BCUT2D eigenvalue weighted by atomic mass is 10.1. The van der Waals surface area contributed by atoms with Crippen LogP contribution in [0.2, 0.25) is 0 Å². The van der Waals surface area contributed by atoms with Crippen LogP contribution in [0.4, 0.5) is 5.69 Å². The second-order valence-corrected chi connectivity index (χ2v) is 6.82. The van der Waals surface area contributed by atoms with E-state index in [4.69, 9.17) is 11.6 Å². The van der Waals surface area contributed by atoms with E-state index in [0.717, 1.165) is 11.1 Å². The SMILES string of the molecule is CS(=O)(=O)c1ccccc1NCc1ccc(CCl)cc1. The third-order valence-corrected chi connectivity index (χ3v) is 4.41. The van der Waals surface area contributed by atoms with Gasteiger partial charge < -0.3 is 5.32 Å². The third kappa shape index (κ3) is 3.74. The van der Waals surface area contributed by atoms with Gasteiger partial charge in [-0.2, -0.15) is 0 Å². The topological polar surface area (TPSA) is 46.2 Å². The molecular formula is C15H16ClNO2S. The van der Waals surface area contributed by atoms with Crippen molar-refractivity contribution in [1.29, 1.82) is 0 Å². The Bertz CT molecular complexity index is 681. The van der Waals surface area contributed by atoms with Crippen molar-refractivity contribution in [1.82, 2.24) is 0 Å². The summed E-state index contributed by atoms with van der Waals surface area (Å²) in [6.45, 7) is 0.565. The van der Waals surface area contributed by atoms with Crippen LogP contribution < -0.4 is 5.32 Å². The molecule has 2 rings (SSSR count). The fourth-order valence-electron chi connectivity index (χ4n) is 1.88. The monoisotopic (exact) mass is 309 g/mol. The van der Waals surface area contributed by atoms with Gasteiger partial charge >= 0.3 is 0 Å². The van der Waals surface area contributed by atoms with Crippen LogP contribution in [0.5, 0.6) is 0 Å². The Hall–Kier alpha value is -1.52. The second-order valence-electron chi connectivity index (χ2n) is 4.57. The maximum absolute atomic E-state index is 11.7. The van der Waals surface area contributed by atoms with Gasteiger partial charge in [0.15, 0.2) is 9.84 Å². The van der Waals surface area contributed by atoms with Crippen LogP contribution in [0.25, 0.3) is 0 Å². The highest BCUT2D eigenvalue weighted by Crippen LogP contribution is 2.21. The molecule has 0 aliphatic heterocycles. The number of benzene rings is 2. The third-order valence-electron chi connectivity index (χ3n) is 2.95. The van der Waals surface area contributed by atoms with E-state index < -0.39 is 9.84 Å². The van der Waals surface area contributed by atoms with E-state index in [0.29, 0.717) is 23.0 Å². The highest BCUT2D eigenvalue weighted by molar-refractivity contribution is 7.90. The summed E-state index contributed by atoms with van der Waals surface area (Å²) >= 11 is 5.74. The van der Waals surface area contributed by atoms with Crippen LogP contribution in [0, 0.1) is 0 Å². The van der Waals surface area contributed by atoms with Crippen LogP contribution in [0.1, 0.15) is 11.1 Å². The molecule has 0 amide bonds. The summed E-state index contributed by atoms with van der Waals surface area (Å²) in [4.78, 5) is 0.317. The maximum atomic E-state index is 11.7. The summed E-state index contributed by atoms with van der Waals surface area (Å²) < 4.78 is 23.4. The van der Waals surface area contributed by atoms with Crippen LogP contribution in [0.15, 0.2) is 53.4 Å². The number of rotatable bonds is 5. The van der Waals surface area contributed by atoms with Crippen LogP contribution in [-0.2, 0) is 22.3 Å². The lowest BCUT2D eigenvalue weighted by Gasteiger charge is -2.11. The summed E-state index contributed by atoms with van der Waals surface area (Å²) in [7, 11) is -3.23. The van der Waals surface area contributed by atoms with Crippen molar-refractivity contribution in [2.75, 3.05) is 11.6 Å². The Morgan fingerprint density at radius 3 is 2.20 bits per heavy atom. The molecule has 3 nitrogen and oxygen atoms in total. The van der Waals surface area contributed by atoms with Gasteiger partial charge in [-0.05, 0) is 23.3 Å². The molecule has 106 valence electrons. The molecule has 0 fully saturated rings. The van der Waals surface area contributed by atoms with Gasteiger partial charge in [-0.15, -0.1) is 11.6 Å². The van der Waals surface area contributed by atoms with Gasteiger partial charge in [0.1, 0.15) is 0 Å². The Kier molecular flexibility index (Phi) is 4.68. The molecule has 0 bridgehead atoms. The second kappa shape index (κ2) is 6.29. The Labute approximate surface area is 124 Å². The van der Waals surface area contributed by atoms with Crippen LogP contribution >= 0.6 is 11.6 Å². The average Bonchev–Trinajstić information content (AvgIpc) is 2.45. The summed E-state index contributed by atoms with van der Waals surface area (Å²) in [6.07, 6.45) is 1.21. The van der Waals surface area contributed by atoms with Crippen LogP contribution in [-0.4, -0.2) is 14.7 Å². The van der Waals surface area contributed by atoms with E-state index in [1.807, 2.05) is 30.3 Å². The number of nitrogens with one attached hydrogen (secondary N) is 1. The Morgan fingerprint density at radius 1 is 1.00 bits per heavy atom. The zero-order chi connectivity index (χ0) is 14.6. The predicted octanol–water partition coefficient (Wildman–Crippen LogP) is 3.44. The molecule has 0 unspecified atom stereocenters. The van der Waals surface area contributed by atoms with Crippen molar-refractivity contribution in [3.63, 3.8) is 0 Å². The first kappa shape index (κ1) is 14.9. The minimum Gasteiger partial charge on any atom is -0.380 e. The van der Waals surface area contributed by atoms with Gasteiger partial charge in [0.05, 0.1) is 10.6 Å². The van der Waals surface area contributed by atoms with Gasteiger partial charge in [-0.3, -0.25) is 0 Å². The highest BCUT2D eigenvalue weighted by atomic mass is 35.5. The number of hydrogen-bond donors (Lipinski definition) is 1. The van der Waals surface area contributed by atoms with Crippen molar-refractivity contribution >= 4 is 27.1 Å². The molecule has 0 saturated carbocycles. The fourth-order valence-corrected chi connectivity index (χ4v) is 2.92. The molecule has 20 heavy (non-hydrogen) atoms. The highest BCUT2D eigenvalue weighted by Gasteiger charge is 2.11. The molecule has 0 aliphatic carbocycles. The molecule has 0 aliphatic rings. The number of sulfone groups is 1. The first-order valence-corrected chi connectivity index (χ1v) is 8.60. The predicted molar refractivity (Wildman–Crippen MR) is 82.9 cm³/mol. The number of hydrogen-bond acceptors (Lipinski definition) is 3. The molecule has 0 aromatic heterocycles. The molecule has 2 aromatic rings. The van der Waals surface area contributed by atoms with Gasteiger partial charge in [0.2, 0.25) is 0 Å². The fraction of sp³-hybridized carbons (Fsp3) is 0.200. The molecular weight excluding hydrogens is 294 g/mol. The van der Waals surface area contributed by atoms with Gasteiger partial charge in [0.25, 0.3) is 0 Å². The number of para-hydroxylation sites is 1. The van der Waals surface area contributed by atoms with Crippen molar-refractivity contribution < 1.29 is 8.42 Å². The quantitative estimate of drug-likeness (QED) is 0.861. The molecule has 0 saturated heterocycles. The number of anilines is 1. The average molecular weight is 310 g/mol.